The maximum atomic E-state index is 7.00. The van der Waals surface area contributed by atoms with Gasteiger partial charge in [-0.1, -0.05) is 24.3 Å². The number of nitrogens with zero attached hydrogens (tertiary/aromatic N) is 8. The van der Waals surface area contributed by atoms with E-state index in [0.29, 0.717) is 0 Å². The van der Waals surface area contributed by atoms with E-state index in [-0.39, 0.29) is 34.8 Å². The van der Waals surface area contributed by atoms with E-state index in [9.17, 15) is 0 Å². The summed E-state index contributed by atoms with van der Waals surface area (Å²) in [4.78, 5) is 31.2. The fourth-order valence-electron chi connectivity index (χ4n) is 3.80. The van der Waals surface area contributed by atoms with Gasteiger partial charge in [0.1, 0.15) is 26.2 Å². The average molecular weight is 676 g/mol. The van der Waals surface area contributed by atoms with Crippen LogP contribution < -0.4 is 21.5 Å². The summed E-state index contributed by atoms with van der Waals surface area (Å²) < 4.78 is 7.97. The van der Waals surface area contributed by atoms with Gasteiger partial charge >= 0.3 is 22.4 Å². The molecule has 0 unspecified atom stereocenters. The normalized spacial score (nSPS) is 9.62. The maximum absolute atomic E-state index is 7.00. The predicted octanol–water partition coefficient (Wildman–Crippen LogP) is -0.00672. The van der Waals surface area contributed by atoms with Crippen LogP contribution in [0.5, 0.6) is 0 Å². The topological polar surface area (TPSA) is 103 Å². The summed E-state index contributed by atoms with van der Waals surface area (Å²) in [6.45, 7) is 2.93. The molecule has 0 N–H and O–H groups in total. The summed E-state index contributed by atoms with van der Waals surface area (Å²) in [5, 5.41) is 0. The number of aromatic nitrogens is 8. The van der Waals surface area contributed by atoms with Crippen molar-refractivity contribution in [1.82, 2.24) is 29.1 Å². The molecule has 0 aromatic carbocycles. The number of halogens is 1. The molecule has 12 heteroatoms. The van der Waals surface area contributed by atoms with Gasteiger partial charge in [-0.25, -0.2) is 0 Å². The van der Waals surface area contributed by atoms with E-state index in [1.165, 1.54) is 0 Å². The van der Waals surface area contributed by atoms with Crippen molar-refractivity contribution in [3.63, 3.8) is 0 Å². The zero-order valence-electron chi connectivity index (χ0n) is 22.4. The molecule has 6 rings (SSSR count). The van der Waals surface area contributed by atoms with Crippen molar-refractivity contribution in [2.45, 2.75) is 26.2 Å². The van der Waals surface area contributed by atoms with Crippen LogP contribution in [0.25, 0.3) is 0 Å². The summed E-state index contributed by atoms with van der Waals surface area (Å²) in [7, 11) is 0. The minimum Gasteiger partial charge on any atom is -1.00 e. The Bertz CT molecular complexity index is 1310. The molecule has 0 radical (unpaired) electrons. The molecule has 0 saturated heterocycles. The van der Waals surface area contributed by atoms with Gasteiger partial charge in [0.2, 0.25) is 12.7 Å². The van der Waals surface area contributed by atoms with Crippen molar-refractivity contribution in [3.05, 3.63) is 168 Å². The summed E-state index contributed by atoms with van der Waals surface area (Å²) in [5.74, 6) is 0. The van der Waals surface area contributed by atoms with E-state index >= 15 is 0 Å². The molecule has 10 nitrogen and oxygen atoms in total. The van der Waals surface area contributed by atoms with Gasteiger partial charge in [0.15, 0.2) is 0 Å². The summed E-state index contributed by atoms with van der Waals surface area (Å²) >= 11 is 0. The van der Waals surface area contributed by atoms with Crippen molar-refractivity contribution < 1.29 is 43.9 Å². The number of hydrogen-bond donors (Lipinski definition) is 0. The van der Waals surface area contributed by atoms with Crippen LogP contribution in [-0.4, -0.2) is 29.1 Å². The van der Waals surface area contributed by atoms with Gasteiger partial charge in [0, 0.05) is 34.7 Å². The first kappa shape index (κ1) is 33.9. The van der Waals surface area contributed by atoms with Crippen LogP contribution in [-0.2, 0) is 48.6 Å². The van der Waals surface area contributed by atoms with Crippen LogP contribution in [0.4, 0.5) is 0 Å². The molecule has 6 aromatic heterocycles. The maximum Gasteiger partial charge on any atom is 1.00 e. The Kier molecular flexibility index (Phi) is 15.2. The smallest absolute Gasteiger partial charge is 1.00 e. The van der Waals surface area contributed by atoms with E-state index < -0.39 is 0 Å². The van der Waals surface area contributed by atoms with Gasteiger partial charge < -0.3 is 30.7 Å². The third-order valence-corrected chi connectivity index (χ3v) is 5.60. The standard InChI is InChI=1S/2C15H14N4.Ag.ClH.O2/c2*1-3-7-16-14(5-1)11-18-9-10-19(13-18)12-15-6-2-4-8-17-15;;;1-2/h2*1-10H,11-12H2;;1H;/q;;+1;;/p-1. The van der Waals surface area contributed by atoms with Crippen LogP contribution in [0.3, 0.4) is 0 Å². The molecule has 0 spiro atoms. The average Bonchev–Trinajstić information content (AvgIpc) is 3.65. The molecule has 42 heavy (non-hydrogen) atoms. The largest absolute Gasteiger partial charge is 1.00 e. The van der Waals surface area contributed by atoms with Crippen LogP contribution in [0, 0.1) is 22.6 Å². The quantitative estimate of drug-likeness (QED) is 0.128. The Balaban J connectivity index is 0.000000265. The minimum absolute atomic E-state index is 0. The first-order valence-corrected chi connectivity index (χ1v) is 12.5. The molecule has 0 aliphatic carbocycles. The molecule has 218 valence electrons. The Morgan fingerprint density at radius 1 is 0.548 bits per heavy atom. The molecule has 0 aliphatic heterocycles. The monoisotopic (exact) mass is 674 g/mol. The third kappa shape index (κ3) is 11.3. The van der Waals surface area contributed by atoms with Gasteiger partial charge in [-0.15, -0.1) is 0 Å². The SMILES string of the molecule is O=O.[Ag+].[Cl-].[c-]1n(Cc2ccccn2)cc[n+]1Cc1ccccn1.[c-]1n(Cc2ccccn2)cc[n+]1Cc1ccccn1. The zero-order chi connectivity index (χ0) is 27.8. The fraction of sp³-hybridized carbons (Fsp3) is 0.133. The Morgan fingerprint density at radius 2 is 0.881 bits per heavy atom. The Labute approximate surface area is 265 Å². The molecule has 6 heterocycles. The predicted molar refractivity (Wildman–Crippen MR) is 147 cm³/mol. The molecular weight excluding hydrogens is 648 g/mol. The van der Waals surface area contributed by atoms with Crippen molar-refractivity contribution in [2.24, 2.45) is 0 Å². The van der Waals surface area contributed by atoms with Gasteiger partial charge in [0.05, 0.1) is 22.8 Å². The summed E-state index contributed by atoms with van der Waals surface area (Å²) in [6.07, 6.45) is 21.7. The number of rotatable bonds is 8. The van der Waals surface area contributed by atoms with Crippen LogP contribution in [0.15, 0.2) is 122 Å². The fourth-order valence-corrected chi connectivity index (χ4v) is 3.80. The van der Waals surface area contributed by atoms with Gasteiger partial charge in [0.25, 0.3) is 0 Å². The van der Waals surface area contributed by atoms with E-state index in [0.717, 1.165) is 49.0 Å². The van der Waals surface area contributed by atoms with Gasteiger partial charge in [-0.3, -0.25) is 19.9 Å². The minimum atomic E-state index is 0. The van der Waals surface area contributed by atoms with E-state index in [1.807, 2.05) is 116 Å². The molecular formula is C30H28AgClN8O2. The number of pyridine rings is 4. The van der Waals surface area contributed by atoms with Crippen molar-refractivity contribution in [1.29, 1.82) is 0 Å². The molecule has 0 aliphatic rings. The second-order valence-electron chi connectivity index (χ2n) is 8.59. The third-order valence-electron chi connectivity index (χ3n) is 5.60. The molecule has 6 aromatic rings. The van der Waals surface area contributed by atoms with Gasteiger partial charge in [-0.05, 0) is 73.3 Å². The van der Waals surface area contributed by atoms with Crippen LogP contribution in [0.2, 0.25) is 0 Å². The number of hydrogen-bond acceptors (Lipinski definition) is 6. The van der Waals surface area contributed by atoms with E-state index in [1.54, 1.807) is 24.8 Å². The zero-order valence-corrected chi connectivity index (χ0v) is 24.7. The van der Waals surface area contributed by atoms with Crippen molar-refractivity contribution in [2.75, 3.05) is 0 Å². The van der Waals surface area contributed by atoms with E-state index in [4.69, 9.17) is 9.93 Å². The van der Waals surface area contributed by atoms with Crippen molar-refractivity contribution in [3.8, 4) is 0 Å². The first-order chi connectivity index (χ1) is 19.8. The van der Waals surface area contributed by atoms with E-state index in [2.05, 4.69) is 32.6 Å². The number of imidazole rings is 2. The summed E-state index contributed by atoms with van der Waals surface area (Å²) in [6, 6.07) is 23.7. The van der Waals surface area contributed by atoms with Crippen LogP contribution in [0.1, 0.15) is 22.8 Å². The molecule has 0 saturated carbocycles. The second kappa shape index (κ2) is 18.9. The second-order valence-corrected chi connectivity index (χ2v) is 8.59. The Hall–Kier alpha value is -4.35. The first-order valence-electron chi connectivity index (χ1n) is 12.5. The molecule has 0 fully saturated rings. The van der Waals surface area contributed by atoms with Gasteiger partial charge in [-0.2, -0.15) is 0 Å². The van der Waals surface area contributed by atoms with Crippen LogP contribution >= 0.6 is 0 Å². The molecule has 0 atom stereocenters. The molecule has 0 amide bonds. The molecule has 0 bridgehead atoms. The van der Waals surface area contributed by atoms with Crippen molar-refractivity contribution >= 4 is 0 Å². The summed E-state index contributed by atoms with van der Waals surface area (Å²) in [5.41, 5.74) is 4.11. The Morgan fingerprint density at radius 3 is 1.19 bits per heavy atom.